The van der Waals surface area contributed by atoms with Gasteiger partial charge in [-0.3, -0.25) is 9.80 Å². The largest absolute Gasteiger partial charge is 0.445 e. The number of hydrogen-bond acceptors (Lipinski definition) is 7. The second kappa shape index (κ2) is 6.29. The first-order chi connectivity index (χ1) is 11.6. The monoisotopic (exact) mass is 331 g/mol. The molecule has 2 aliphatic rings. The lowest BCUT2D eigenvalue weighted by Crippen LogP contribution is -2.35. The van der Waals surface area contributed by atoms with Gasteiger partial charge >= 0.3 is 0 Å². The van der Waals surface area contributed by atoms with Crippen molar-refractivity contribution in [2.45, 2.75) is 57.7 Å². The molecule has 0 aromatic carbocycles. The van der Waals surface area contributed by atoms with Crippen molar-refractivity contribution in [3.8, 4) is 0 Å². The molecular weight excluding hydrogens is 306 g/mol. The second-order valence-corrected chi connectivity index (χ2v) is 7.16. The summed E-state index contributed by atoms with van der Waals surface area (Å²) in [4.78, 5) is 13.6. The molecule has 1 aliphatic carbocycles. The molecule has 1 saturated carbocycles. The quantitative estimate of drug-likeness (QED) is 0.805. The minimum absolute atomic E-state index is 0.174. The summed E-state index contributed by atoms with van der Waals surface area (Å²) in [6.45, 7) is 6.87. The van der Waals surface area contributed by atoms with E-state index in [0.717, 1.165) is 49.4 Å². The number of aromatic nitrogens is 3. The Balaban J connectivity index is 1.34. The van der Waals surface area contributed by atoms with Gasteiger partial charge in [0.05, 0.1) is 18.8 Å². The molecule has 0 N–H and O–H groups in total. The number of hydrogen-bond donors (Lipinski definition) is 0. The first-order valence-corrected chi connectivity index (χ1v) is 8.79. The van der Waals surface area contributed by atoms with E-state index in [0.29, 0.717) is 12.0 Å². The van der Waals surface area contributed by atoms with E-state index in [2.05, 4.69) is 38.9 Å². The topological polar surface area (TPSA) is 71.4 Å². The van der Waals surface area contributed by atoms with Crippen molar-refractivity contribution >= 4 is 0 Å². The number of nitrogens with zero attached hydrogens (tertiary/aromatic N) is 5. The molecule has 0 unspecified atom stereocenters. The minimum Gasteiger partial charge on any atom is -0.445 e. The van der Waals surface area contributed by atoms with Gasteiger partial charge in [-0.2, -0.15) is 4.98 Å². The Morgan fingerprint density at radius 3 is 2.92 bits per heavy atom. The van der Waals surface area contributed by atoms with E-state index >= 15 is 0 Å². The zero-order chi connectivity index (χ0) is 16.7. The van der Waals surface area contributed by atoms with Gasteiger partial charge in [0.15, 0.2) is 5.82 Å². The van der Waals surface area contributed by atoms with Crippen molar-refractivity contribution in [2.75, 3.05) is 20.1 Å². The van der Waals surface area contributed by atoms with Crippen molar-refractivity contribution < 1.29 is 8.94 Å². The Morgan fingerprint density at radius 2 is 2.21 bits per heavy atom. The summed E-state index contributed by atoms with van der Waals surface area (Å²) < 4.78 is 11.1. The van der Waals surface area contributed by atoms with E-state index in [1.54, 1.807) is 6.20 Å². The smallest absolute Gasteiger partial charge is 0.243 e. The molecule has 4 rings (SSSR count). The van der Waals surface area contributed by atoms with Crippen molar-refractivity contribution in [3.63, 3.8) is 0 Å². The van der Waals surface area contributed by atoms with Crippen molar-refractivity contribution in [2.24, 2.45) is 0 Å². The lowest BCUT2D eigenvalue weighted by Gasteiger charge is -2.25. The lowest BCUT2D eigenvalue weighted by atomic mass is 10.2. The van der Waals surface area contributed by atoms with Crippen molar-refractivity contribution in [1.82, 2.24) is 24.9 Å². The number of rotatable bonds is 6. The zero-order valence-corrected chi connectivity index (χ0v) is 14.6. The highest BCUT2D eigenvalue weighted by atomic mass is 16.5. The Hall–Kier alpha value is -1.73. The van der Waals surface area contributed by atoms with E-state index in [-0.39, 0.29) is 6.04 Å². The summed E-state index contributed by atoms with van der Waals surface area (Å²) in [5.74, 6) is 3.83. The van der Waals surface area contributed by atoms with Gasteiger partial charge in [0, 0.05) is 25.0 Å². The SMILES string of the molecule is Cc1cnc(CN(C)[C@H]2CCN([C@@H](C)c3nc(C4CC4)no3)C2)o1. The Kier molecular flexibility index (Phi) is 4.14. The lowest BCUT2D eigenvalue weighted by molar-refractivity contribution is 0.173. The van der Waals surface area contributed by atoms with Gasteiger partial charge in [-0.25, -0.2) is 4.98 Å². The fourth-order valence-corrected chi connectivity index (χ4v) is 3.38. The van der Waals surface area contributed by atoms with Crippen molar-refractivity contribution in [3.05, 3.63) is 29.6 Å². The van der Waals surface area contributed by atoms with Crippen LogP contribution in [0.5, 0.6) is 0 Å². The van der Waals surface area contributed by atoms with E-state index in [1.807, 2.05) is 6.92 Å². The third-order valence-electron chi connectivity index (χ3n) is 5.18. The highest BCUT2D eigenvalue weighted by Crippen LogP contribution is 2.38. The number of likely N-dealkylation sites (tertiary alicyclic amines) is 1. The van der Waals surface area contributed by atoms with E-state index < -0.39 is 0 Å². The van der Waals surface area contributed by atoms with Gasteiger partial charge in [-0.15, -0.1) is 0 Å². The summed E-state index contributed by atoms with van der Waals surface area (Å²) in [7, 11) is 2.14. The third-order valence-corrected chi connectivity index (χ3v) is 5.18. The van der Waals surface area contributed by atoms with Gasteiger partial charge < -0.3 is 8.94 Å². The van der Waals surface area contributed by atoms with E-state index in [4.69, 9.17) is 8.94 Å². The average Bonchev–Trinajstić information content (AvgIpc) is 3.00. The Bertz CT molecular complexity index is 693. The number of aryl methyl sites for hydroxylation is 1. The van der Waals surface area contributed by atoms with Crippen LogP contribution < -0.4 is 0 Å². The molecular formula is C17H25N5O2. The number of likely N-dealkylation sites (N-methyl/N-ethyl adjacent to an activating group) is 1. The van der Waals surface area contributed by atoms with Crippen LogP contribution in [-0.4, -0.2) is 51.1 Å². The van der Waals surface area contributed by atoms with E-state index in [1.165, 1.54) is 12.8 Å². The maximum absolute atomic E-state index is 5.59. The summed E-state index contributed by atoms with van der Waals surface area (Å²) >= 11 is 0. The minimum atomic E-state index is 0.174. The molecule has 0 spiro atoms. The Morgan fingerprint density at radius 1 is 1.38 bits per heavy atom. The van der Waals surface area contributed by atoms with Crippen LogP contribution in [0.4, 0.5) is 0 Å². The van der Waals surface area contributed by atoms with Crippen LogP contribution in [0.3, 0.4) is 0 Å². The molecule has 2 aromatic rings. The van der Waals surface area contributed by atoms with Crippen LogP contribution in [-0.2, 0) is 6.54 Å². The fourth-order valence-electron chi connectivity index (χ4n) is 3.38. The summed E-state index contributed by atoms with van der Waals surface area (Å²) in [5, 5.41) is 4.14. The molecule has 7 nitrogen and oxygen atoms in total. The second-order valence-electron chi connectivity index (χ2n) is 7.16. The fraction of sp³-hybridized carbons (Fsp3) is 0.706. The predicted octanol–water partition coefficient (Wildman–Crippen LogP) is 2.51. The van der Waals surface area contributed by atoms with Crippen LogP contribution in [0.25, 0.3) is 0 Å². The van der Waals surface area contributed by atoms with Gasteiger partial charge in [-0.1, -0.05) is 5.16 Å². The first-order valence-electron chi connectivity index (χ1n) is 8.79. The van der Waals surface area contributed by atoms with E-state index in [9.17, 15) is 0 Å². The van der Waals surface area contributed by atoms with Crippen molar-refractivity contribution in [1.29, 1.82) is 0 Å². The van der Waals surface area contributed by atoms with Crippen LogP contribution in [0.1, 0.15) is 61.5 Å². The van der Waals surface area contributed by atoms with Gasteiger partial charge in [-0.05, 0) is 40.2 Å². The van der Waals surface area contributed by atoms with Crippen LogP contribution in [0.15, 0.2) is 15.1 Å². The maximum atomic E-state index is 5.59. The summed E-state index contributed by atoms with van der Waals surface area (Å²) in [5.41, 5.74) is 0. The molecule has 3 heterocycles. The predicted molar refractivity (Wildman–Crippen MR) is 87.4 cm³/mol. The molecule has 24 heavy (non-hydrogen) atoms. The maximum Gasteiger partial charge on any atom is 0.243 e. The van der Waals surface area contributed by atoms with Crippen LogP contribution in [0, 0.1) is 6.92 Å². The summed E-state index contributed by atoms with van der Waals surface area (Å²) in [6.07, 6.45) is 5.30. The molecule has 2 atom stereocenters. The molecule has 0 radical (unpaired) electrons. The standard InChI is InChI=1S/C17H25N5O2/c1-11-8-18-15(23-11)10-21(3)14-6-7-22(9-14)12(2)17-19-16(20-24-17)13-4-5-13/h8,12-14H,4-7,9-10H2,1-3H3/t12-,14-/m0/s1. The molecule has 0 bridgehead atoms. The average molecular weight is 331 g/mol. The molecule has 130 valence electrons. The first kappa shape index (κ1) is 15.8. The summed E-state index contributed by atoms with van der Waals surface area (Å²) in [6, 6.07) is 0.665. The zero-order valence-electron chi connectivity index (χ0n) is 14.6. The molecule has 1 saturated heterocycles. The van der Waals surface area contributed by atoms with Gasteiger partial charge in [0.2, 0.25) is 11.8 Å². The molecule has 1 aliphatic heterocycles. The molecule has 7 heteroatoms. The molecule has 2 fully saturated rings. The van der Waals surface area contributed by atoms with Crippen LogP contribution >= 0.6 is 0 Å². The molecule has 0 amide bonds. The van der Waals surface area contributed by atoms with Crippen LogP contribution in [0.2, 0.25) is 0 Å². The van der Waals surface area contributed by atoms with Gasteiger partial charge in [0.25, 0.3) is 0 Å². The molecule has 2 aromatic heterocycles. The highest BCUT2D eigenvalue weighted by Gasteiger charge is 2.34. The normalized spacial score (nSPS) is 23.2. The Labute approximate surface area is 142 Å². The number of oxazole rings is 1. The highest BCUT2D eigenvalue weighted by molar-refractivity contribution is 5.05. The van der Waals surface area contributed by atoms with Gasteiger partial charge in [0.1, 0.15) is 5.76 Å². The third kappa shape index (κ3) is 3.23.